The van der Waals surface area contributed by atoms with Crippen molar-refractivity contribution in [1.82, 2.24) is 10.9 Å². The van der Waals surface area contributed by atoms with Gasteiger partial charge in [-0.05, 0) is 43.2 Å². The van der Waals surface area contributed by atoms with Crippen LogP contribution < -0.4 is 10.9 Å². The number of amides is 1. The lowest BCUT2D eigenvalue weighted by Crippen LogP contribution is -2.39. The molecule has 1 unspecified atom stereocenters. The number of rotatable bonds is 5. The van der Waals surface area contributed by atoms with E-state index >= 15 is 0 Å². The van der Waals surface area contributed by atoms with Crippen molar-refractivity contribution in [3.63, 3.8) is 0 Å². The minimum absolute atomic E-state index is 0.00362. The molecule has 114 valence electrons. The van der Waals surface area contributed by atoms with Gasteiger partial charge in [-0.15, -0.1) is 0 Å². The summed E-state index contributed by atoms with van der Waals surface area (Å²) in [6, 6.07) is 15.6. The Morgan fingerprint density at radius 2 is 1.86 bits per heavy atom. The Morgan fingerprint density at radius 1 is 1.18 bits per heavy atom. The monoisotopic (exact) mass is 359 g/mol. The zero-order valence-electron chi connectivity index (χ0n) is 12.5. The van der Waals surface area contributed by atoms with E-state index in [9.17, 15) is 4.79 Å². The predicted molar refractivity (Wildman–Crippen MR) is 93.2 cm³/mol. The molecule has 0 saturated carbocycles. The van der Waals surface area contributed by atoms with E-state index in [0.29, 0.717) is 0 Å². The van der Waals surface area contributed by atoms with Crippen molar-refractivity contribution < 1.29 is 4.79 Å². The Kier molecular flexibility index (Phi) is 5.86. The fourth-order valence-corrected chi connectivity index (χ4v) is 2.15. The third kappa shape index (κ3) is 4.79. The molecule has 0 aliphatic rings. The van der Waals surface area contributed by atoms with Gasteiger partial charge in [-0.3, -0.25) is 15.2 Å². The Hall–Kier alpha value is -1.98. The van der Waals surface area contributed by atoms with Crippen LogP contribution in [-0.4, -0.2) is 12.1 Å². The summed E-state index contributed by atoms with van der Waals surface area (Å²) >= 11 is 3.40. The summed E-state index contributed by atoms with van der Waals surface area (Å²) in [5.41, 5.74) is 8.50. The van der Waals surface area contributed by atoms with Crippen molar-refractivity contribution in [2.75, 3.05) is 0 Å². The fourth-order valence-electron chi connectivity index (χ4n) is 1.88. The molecular weight excluding hydrogens is 342 g/mol. The molecule has 2 N–H and O–H groups in total. The van der Waals surface area contributed by atoms with Gasteiger partial charge in [-0.1, -0.05) is 46.3 Å². The Morgan fingerprint density at radius 3 is 2.55 bits per heavy atom. The average Bonchev–Trinajstić information content (AvgIpc) is 2.52. The number of aliphatic imine (C=N–C) groups is 1. The van der Waals surface area contributed by atoms with Crippen molar-refractivity contribution in [3.05, 3.63) is 64.1 Å². The van der Waals surface area contributed by atoms with E-state index in [1.807, 2.05) is 62.4 Å². The van der Waals surface area contributed by atoms with E-state index in [1.54, 1.807) is 0 Å². The van der Waals surface area contributed by atoms with Crippen LogP contribution in [0.15, 0.2) is 58.0 Å². The van der Waals surface area contributed by atoms with Gasteiger partial charge in [0.15, 0.2) is 0 Å². The molecular formula is C17H18BrN3O. The molecule has 0 saturated heterocycles. The van der Waals surface area contributed by atoms with Crippen LogP contribution in [0.1, 0.15) is 24.1 Å². The minimum Gasteiger partial charge on any atom is -0.286 e. The van der Waals surface area contributed by atoms with Gasteiger partial charge in [-0.25, -0.2) is 5.43 Å². The first-order valence-corrected chi connectivity index (χ1v) is 7.76. The zero-order chi connectivity index (χ0) is 15.9. The quantitative estimate of drug-likeness (QED) is 0.629. The van der Waals surface area contributed by atoms with Crippen LogP contribution >= 0.6 is 15.9 Å². The molecule has 1 atom stereocenters. The molecule has 0 fully saturated rings. The van der Waals surface area contributed by atoms with Crippen LogP contribution in [-0.2, 0) is 4.79 Å². The first-order valence-electron chi connectivity index (χ1n) is 6.97. The molecule has 0 radical (unpaired) electrons. The summed E-state index contributed by atoms with van der Waals surface area (Å²) in [7, 11) is 0. The molecule has 4 nitrogen and oxygen atoms in total. The lowest BCUT2D eigenvalue weighted by atomic mass is 10.1. The molecule has 0 spiro atoms. The van der Waals surface area contributed by atoms with Gasteiger partial charge in [0, 0.05) is 10.5 Å². The summed E-state index contributed by atoms with van der Waals surface area (Å²) in [6.45, 7) is 3.93. The molecule has 1 amide bonds. The van der Waals surface area contributed by atoms with Crippen LogP contribution in [0.3, 0.4) is 0 Å². The summed E-state index contributed by atoms with van der Waals surface area (Å²) in [6.07, 6.45) is 1.28. The molecule has 0 bridgehead atoms. The van der Waals surface area contributed by atoms with E-state index < -0.39 is 0 Å². The van der Waals surface area contributed by atoms with Gasteiger partial charge in [0.2, 0.25) is 0 Å². The second-order valence-corrected chi connectivity index (χ2v) is 5.87. The van der Waals surface area contributed by atoms with E-state index in [1.165, 1.54) is 6.21 Å². The number of aryl methyl sites for hydroxylation is 1. The Labute approximate surface area is 138 Å². The molecule has 2 rings (SSSR count). The molecule has 5 heteroatoms. The van der Waals surface area contributed by atoms with Gasteiger partial charge in [0.25, 0.3) is 5.91 Å². The maximum absolute atomic E-state index is 11.8. The van der Waals surface area contributed by atoms with Crippen molar-refractivity contribution in [3.8, 4) is 0 Å². The zero-order valence-corrected chi connectivity index (χ0v) is 14.1. The number of carbonyl (C=O) groups excluding carboxylic acids is 1. The third-order valence-electron chi connectivity index (χ3n) is 3.22. The lowest BCUT2D eigenvalue weighted by molar-refractivity contribution is -0.115. The summed E-state index contributed by atoms with van der Waals surface area (Å²) in [5, 5.41) is 0. The highest BCUT2D eigenvalue weighted by Crippen LogP contribution is 2.16. The van der Waals surface area contributed by atoms with E-state index in [2.05, 4.69) is 31.8 Å². The lowest BCUT2D eigenvalue weighted by Gasteiger charge is -2.14. The third-order valence-corrected chi connectivity index (χ3v) is 3.75. The van der Waals surface area contributed by atoms with E-state index in [-0.39, 0.29) is 11.9 Å². The topological polar surface area (TPSA) is 53.5 Å². The maximum atomic E-state index is 11.8. The van der Waals surface area contributed by atoms with Gasteiger partial charge in [-0.2, -0.15) is 0 Å². The van der Waals surface area contributed by atoms with E-state index in [4.69, 9.17) is 0 Å². The van der Waals surface area contributed by atoms with Crippen LogP contribution in [0.4, 0.5) is 5.69 Å². The first-order chi connectivity index (χ1) is 10.6. The SMILES string of the molecule is Cc1ccccc1N=CC(=O)NNC(C)c1ccc(Br)cc1. The van der Waals surface area contributed by atoms with Crippen molar-refractivity contribution in [2.45, 2.75) is 19.9 Å². The molecule has 0 aromatic heterocycles. The normalized spacial score (nSPS) is 12.3. The van der Waals surface area contributed by atoms with Crippen molar-refractivity contribution >= 4 is 33.7 Å². The highest BCUT2D eigenvalue weighted by molar-refractivity contribution is 9.10. The number of hydrogen-bond donors (Lipinski definition) is 2. The van der Waals surface area contributed by atoms with Gasteiger partial charge in [0.1, 0.15) is 0 Å². The first kappa shape index (κ1) is 16.4. The Bertz CT molecular complexity index is 668. The van der Waals surface area contributed by atoms with Crippen molar-refractivity contribution in [2.24, 2.45) is 4.99 Å². The number of hydrazine groups is 1. The summed E-state index contributed by atoms with van der Waals surface area (Å²) < 4.78 is 1.03. The largest absolute Gasteiger partial charge is 0.286 e. The number of benzene rings is 2. The Balaban J connectivity index is 1.87. The van der Waals surface area contributed by atoms with Crippen LogP contribution in [0, 0.1) is 6.92 Å². The smallest absolute Gasteiger partial charge is 0.276 e. The average molecular weight is 360 g/mol. The number of halogens is 1. The summed E-state index contributed by atoms with van der Waals surface area (Å²) in [5.74, 6) is -0.285. The predicted octanol–water partition coefficient (Wildman–Crippen LogP) is 3.84. The number of hydrogen-bond acceptors (Lipinski definition) is 3. The standard InChI is InChI=1S/C17H18BrN3O/c1-12-5-3-4-6-16(12)19-11-17(22)21-20-13(2)14-7-9-15(18)10-8-14/h3-11,13,20H,1-2H3,(H,21,22). The van der Waals surface area contributed by atoms with Gasteiger partial charge >= 0.3 is 0 Å². The number of nitrogens with zero attached hydrogens (tertiary/aromatic N) is 1. The molecule has 0 aliphatic heterocycles. The molecule has 2 aromatic rings. The van der Waals surface area contributed by atoms with Crippen molar-refractivity contribution in [1.29, 1.82) is 0 Å². The number of carbonyl (C=O) groups is 1. The summed E-state index contributed by atoms with van der Waals surface area (Å²) in [4.78, 5) is 16.0. The minimum atomic E-state index is -0.285. The maximum Gasteiger partial charge on any atom is 0.276 e. The molecule has 0 aliphatic carbocycles. The molecule has 2 aromatic carbocycles. The van der Waals surface area contributed by atoms with Gasteiger partial charge in [0.05, 0.1) is 11.9 Å². The molecule has 22 heavy (non-hydrogen) atoms. The number of para-hydroxylation sites is 1. The highest BCUT2D eigenvalue weighted by atomic mass is 79.9. The van der Waals surface area contributed by atoms with Crippen LogP contribution in [0.5, 0.6) is 0 Å². The number of nitrogens with one attached hydrogen (secondary N) is 2. The second kappa shape index (κ2) is 7.87. The van der Waals surface area contributed by atoms with Crippen LogP contribution in [0.2, 0.25) is 0 Å². The second-order valence-electron chi connectivity index (χ2n) is 4.95. The van der Waals surface area contributed by atoms with Gasteiger partial charge < -0.3 is 0 Å². The van der Waals surface area contributed by atoms with E-state index in [0.717, 1.165) is 21.3 Å². The highest BCUT2D eigenvalue weighted by Gasteiger charge is 2.05. The molecule has 0 heterocycles. The van der Waals surface area contributed by atoms with Crippen LogP contribution in [0.25, 0.3) is 0 Å². The fraction of sp³-hybridized carbons (Fsp3) is 0.176.